The fraction of sp³-hybridized carbons (Fsp3) is 0. The monoisotopic (exact) mass is 420 g/mol. The van der Waals surface area contributed by atoms with Crippen molar-refractivity contribution < 1.29 is 19.2 Å². The molecule has 0 saturated carbocycles. The number of furan rings is 1. The summed E-state index contributed by atoms with van der Waals surface area (Å²) < 4.78 is 6.25. The van der Waals surface area contributed by atoms with E-state index in [1.807, 2.05) is 0 Å². The third-order valence-corrected chi connectivity index (χ3v) is 4.79. The van der Waals surface area contributed by atoms with E-state index in [2.05, 4.69) is 20.9 Å². The molecule has 2 aromatic heterocycles. The number of carboxylic acid groups (broad SMARTS) is 1. The van der Waals surface area contributed by atoms with Crippen molar-refractivity contribution in [1.29, 1.82) is 0 Å². The topological polar surface area (TPSA) is 106 Å². The summed E-state index contributed by atoms with van der Waals surface area (Å²) in [5, 5.41) is 20.2. The highest BCUT2D eigenvalue weighted by molar-refractivity contribution is 9.10. The van der Waals surface area contributed by atoms with E-state index in [0.717, 1.165) is 11.3 Å². The van der Waals surface area contributed by atoms with Crippen LogP contribution in [0.5, 0.6) is 0 Å². The molecule has 0 spiro atoms. The number of nitrogens with zero attached hydrogens (tertiary/aromatic N) is 2. The molecular formula is C16H9BrN2O5S. The van der Waals surface area contributed by atoms with Crippen molar-refractivity contribution in [2.45, 2.75) is 0 Å². The van der Waals surface area contributed by atoms with Crippen LogP contribution < -0.4 is 0 Å². The van der Waals surface area contributed by atoms with Crippen LogP contribution in [0.25, 0.3) is 23.5 Å². The number of non-ortho nitro benzene ring substituents is 1. The Morgan fingerprint density at radius 1 is 1.32 bits per heavy atom. The summed E-state index contributed by atoms with van der Waals surface area (Å²) in [7, 11) is 0. The Bertz CT molecular complexity index is 992. The first kappa shape index (κ1) is 17.1. The Kier molecular flexibility index (Phi) is 4.77. The molecule has 25 heavy (non-hydrogen) atoms. The molecule has 9 heteroatoms. The number of nitro benzene ring substituents is 1. The summed E-state index contributed by atoms with van der Waals surface area (Å²) in [6.45, 7) is 0. The van der Waals surface area contributed by atoms with Crippen LogP contribution in [0.3, 0.4) is 0 Å². The highest BCUT2D eigenvalue weighted by Crippen LogP contribution is 2.33. The van der Waals surface area contributed by atoms with Gasteiger partial charge in [0.2, 0.25) is 0 Å². The van der Waals surface area contributed by atoms with Crippen LogP contribution in [-0.2, 0) is 0 Å². The normalized spacial score (nSPS) is 11.1. The lowest BCUT2D eigenvalue weighted by Gasteiger charge is -2.00. The van der Waals surface area contributed by atoms with Gasteiger partial charge in [-0.05, 0) is 46.3 Å². The largest absolute Gasteiger partial charge is 0.477 e. The van der Waals surface area contributed by atoms with E-state index in [1.54, 1.807) is 30.4 Å². The van der Waals surface area contributed by atoms with Gasteiger partial charge in [0, 0.05) is 22.2 Å². The second-order valence-electron chi connectivity index (χ2n) is 4.82. The van der Waals surface area contributed by atoms with Gasteiger partial charge in [-0.3, -0.25) is 10.1 Å². The van der Waals surface area contributed by atoms with Gasteiger partial charge in [0.05, 0.1) is 11.1 Å². The molecule has 0 aliphatic rings. The Hall–Kier alpha value is -2.78. The predicted octanol–water partition coefficient (Wildman–Crippen LogP) is 4.94. The summed E-state index contributed by atoms with van der Waals surface area (Å²) >= 11 is 4.37. The molecule has 0 bridgehead atoms. The van der Waals surface area contributed by atoms with Gasteiger partial charge in [-0.1, -0.05) is 0 Å². The minimum Gasteiger partial charge on any atom is -0.477 e. The molecule has 0 fully saturated rings. The molecule has 0 radical (unpaired) electrons. The fourth-order valence-corrected chi connectivity index (χ4v) is 3.24. The summed E-state index contributed by atoms with van der Waals surface area (Å²) in [4.78, 5) is 25.3. The minimum atomic E-state index is -1.01. The molecule has 3 aromatic rings. The van der Waals surface area contributed by atoms with E-state index in [9.17, 15) is 14.9 Å². The number of nitro groups is 1. The second-order valence-corrected chi connectivity index (χ2v) is 6.74. The van der Waals surface area contributed by atoms with Gasteiger partial charge in [-0.2, -0.15) is 0 Å². The van der Waals surface area contributed by atoms with Crippen molar-refractivity contribution in [2.24, 2.45) is 0 Å². The Morgan fingerprint density at radius 3 is 2.76 bits per heavy atom. The third kappa shape index (κ3) is 3.83. The molecule has 0 amide bonds. The number of aromatic carboxylic acids is 1. The molecule has 7 nitrogen and oxygen atoms in total. The molecule has 2 heterocycles. The molecule has 0 unspecified atom stereocenters. The molecule has 0 saturated heterocycles. The first-order chi connectivity index (χ1) is 11.9. The maximum atomic E-state index is 10.8. The summed E-state index contributed by atoms with van der Waals surface area (Å²) in [6.07, 6.45) is 4.63. The second kappa shape index (κ2) is 6.99. The van der Waals surface area contributed by atoms with Crippen LogP contribution in [0, 0.1) is 10.1 Å². The maximum absolute atomic E-state index is 10.8. The van der Waals surface area contributed by atoms with Gasteiger partial charge in [0.15, 0.2) is 0 Å². The van der Waals surface area contributed by atoms with Crippen LogP contribution in [0.1, 0.15) is 20.4 Å². The van der Waals surface area contributed by atoms with E-state index >= 15 is 0 Å². The number of halogens is 1. The molecule has 126 valence electrons. The van der Waals surface area contributed by atoms with Crippen molar-refractivity contribution in [3.05, 3.63) is 66.8 Å². The molecule has 1 aromatic carbocycles. The number of aromatic nitrogens is 1. The SMILES string of the molecule is O=C(O)c1cnc(/C=C/c2ccc(-c3ccc([N+](=O)[O-])cc3Br)o2)s1. The Labute approximate surface area is 153 Å². The summed E-state index contributed by atoms with van der Waals surface area (Å²) in [6, 6.07) is 7.91. The third-order valence-electron chi connectivity index (χ3n) is 3.18. The summed E-state index contributed by atoms with van der Waals surface area (Å²) in [5.41, 5.74) is 0.674. The van der Waals surface area contributed by atoms with Gasteiger partial charge >= 0.3 is 5.97 Å². The molecule has 3 rings (SSSR count). The van der Waals surface area contributed by atoms with E-state index in [0.29, 0.717) is 26.6 Å². The number of carbonyl (C=O) groups is 1. The van der Waals surface area contributed by atoms with Crippen LogP contribution in [-0.4, -0.2) is 21.0 Å². The van der Waals surface area contributed by atoms with Gasteiger partial charge in [-0.15, -0.1) is 11.3 Å². The number of hydrogen-bond donors (Lipinski definition) is 1. The molecule has 0 atom stereocenters. The van der Waals surface area contributed by atoms with Crippen molar-refractivity contribution in [3.8, 4) is 11.3 Å². The highest BCUT2D eigenvalue weighted by Gasteiger charge is 2.13. The van der Waals surface area contributed by atoms with Crippen molar-refractivity contribution in [1.82, 2.24) is 4.98 Å². The zero-order valence-corrected chi connectivity index (χ0v) is 14.8. The van der Waals surface area contributed by atoms with Gasteiger partial charge in [-0.25, -0.2) is 9.78 Å². The van der Waals surface area contributed by atoms with Crippen LogP contribution in [0.15, 0.2) is 45.4 Å². The molecule has 1 N–H and O–H groups in total. The number of benzene rings is 1. The standard InChI is InChI=1S/C16H9BrN2O5S/c17-12-7-9(19(22)23)1-4-11(12)13-5-2-10(24-13)3-6-15-18-8-14(25-15)16(20)21/h1-8H,(H,20,21)/b6-3+. The van der Waals surface area contributed by atoms with Crippen LogP contribution in [0.4, 0.5) is 5.69 Å². The zero-order valence-electron chi connectivity index (χ0n) is 12.4. The lowest BCUT2D eigenvalue weighted by Crippen LogP contribution is -1.89. The van der Waals surface area contributed by atoms with E-state index < -0.39 is 10.9 Å². The quantitative estimate of drug-likeness (QED) is 0.462. The van der Waals surface area contributed by atoms with Gasteiger partial charge < -0.3 is 9.52 Å². The van der Waals surface area contributed by atoms with Gasteiger partial charge in [0.25, 0.3) is 5.69 Å². The average Bonchev–Trinajstić information content (AvgIpc) is 3.22. The lowest BCUT2D eigenvalue weighted by molar-refractivity contribution is -0.384. The van der Waals surface area contributed by atoms with Crippen molar-refractivity contribution in [2.75, 3.05) is 0 Å². The van der Waals surface area contributed by atoms with Crippen LogP contribution >= 0.6 is 27.3 Å². The molecule has 0 aliphatic carbocycles. The number of thiazole rings is 1. The molecule has 0 aliphatic heterocycles. The van der Waals surface area contributed by atoms with Crippen LogP contribution in [0.2, 0.25) is 0 Å². The van der Waals surface area contributed by atoms with Crippen molar-refractivity contribution in [3.63, 3.8) is 0 Å². The smallest absolute Gasteiger partial charge is 0.347 e. The predicted molar refractivity (Wildman–Crippen MR) is 96.5 cm³/mol. The first-order valence-corrected chi connectivity index (χ1v) is 8.46. The van der Waals surface area contributed by atoms with E-state index in [1.165, 1.54) is 18.3 Å². The van der Waals surface area contributed by atoms with Gasteiger partial charge in [0.1, 0.15) is 21.4 Å². The van der Waals surface area contributed by atoms with Crippen molar-refractivity contribution >= 4 is 51.1 Å². The van der Waals surface area contributed by atoms with E-state index in [-0.39, 0.29) is 10.6 Å². The Balaban J connectivity index is 1.81. The number of rotatable bonds is 5. The summed E-state index contributed by atoms with van der Waals surface area (Å²) in [5.74, 6) is 0.0829. The zero-order chi connectivity index (χ0) is 18.0. The number of hydrogen-bond acceptors (Lipinski definition) is 6. The number of carboxylic acids is 1. The minimum absolute atomic E-state index is 0.0136. The molecular weight excluding hydrogens is 412 g/mol. The highest BCUT2D eigenvalue weighted by atomic mass is 79.9. The average molecular weight is 421 g/mol. The van der Waals surface area contributed by atoms with E-state index in [4.69, 9.17) is 9.52 Å². The first-order valence-electron chi connectivity index (χ1n) is 6.85. The lowest BCUT2D eigenvalue weighted by atomic mass is 10.1. The Morgan fingerprint density at radius 2 is 2.12 bits per heavy atom. The fourth-order valence-electron chi connectivity index (χ4n) is 2.02. The maximum Gasteiger partial charge on any atom is 0.347 e.